The average molecular weight is 414 g/mol. The first kappa shape index (κ1) is 21.6. The van der Waals surface area contributed by atoms with E-state index in [2.05, 4.69) is 5.32 Å². The van der Waals surface area contributed by atoms with Gasteiger partial charge < -0.3 is 19.7 Å². The summed E-state index contributed by atoms with van der Waals surface area (Å²) in [6.07, 6.45) is 2.38. The van der Waals surface area contributed by atoms with Gasteiger partial charge in [0.05, 0.1) is 7.11 Å². The van der Waals surface area contributed by atoms with Gasteiger partial charge in [0.2, 0.25) is 5.91 Å². The van der Waals surface area contributed by atoms with Crippen LogP contribution in [0.25, 0.3) is 11.1 Å². The molecule has 0 aromatic heterocycles. The van der Waals surface area contributed by atoms with Gasteiger partial charge in [0.15, 0.2) is 0 Å². The SMILES string of the molecule is CCC(=O)N[C@H]1CC[C@@H](N(C)C(=O)Oc2ccc(-c3ccc(OC)cc3F)cc2)C1. The van der Waals surface area contributed by atoms with E-state index in [1.165, 1.54) is 13.2 Å². The first-order valence-corrected chi connectivity index (χ1v) is 10.1. The van der Waals surface area contributed by atoms with Gasteiger partial charge in [-0.15, -0.1) is 0 Å². The largest absolute Gasteiger partial charge is 0.497 e. The molecule has 2 atom stereocenters. The maximum absolute atomic E-state index is 14.2. The molecule has 0 spiro atoms. The Morgan fingerprint density at radius 2 is 1.83 bits per heavy atom. The molecule has 1 N–H and O–H groups in total. The molecule has 30 heavy (non-hydrogen) atoms. The van der Waals surface area contributed by atoms with E-state index in [0.29, 0.717) is 35.5 Å². The number of ether oxygens (including phenoxy) is 2. The van der Waals surface area contributed by atoms with Crippen LogP contribution in [0, 0.1) is 5.82 Å². The predicted octanol–water partition coefficient (Wildman–Crippen LogP) is 4.38. The number of nitrogens with one attached hydrogen (secondary N) is 1. The molecule has 0 aliphatic heterocycles. The number of carbonyl (C=O) groups is 2. The molecular weight excluding hydrogens is 387 g/mol. The van der Waals surface area contributed by atoms with Crippen molar-refractivity contribution >= 4 is 12.0 Å². The molecule has 2 amide bonds. The summed E-state index contributed by atoms with van der Waals surface area (Å²) in [6, 6.07) is 11.5. The average Bonchev–Trinajstić information content (AvgIpc) is 3.22. The zero-order valence-corrected chi connectivity index (χ0v) is 17.5. The standard InChI is InChI=1S/C23H27FN2O4/c1-4-22(27)25-16-7-8-17(13-16)26(2)23(28)30-18-9-5-15(6-10-18)20-12-11-19(29-3)14-21(20)24/h5-6,9-12,14,16-17H,4,7-8,13H2,1-3H3,(H,25,27)/t16-,17+/m0/s1. The lowest BCUT2D eigenvalue weighted by Crippen LogP contribution is -2.39. The van der Waals surface area contributed by atoms with E-state index < -0.39 is 6.09 Å². The molecule has 3 rings (SSSR count). The van der Waals surface area contributed by atoms with Crippen molar-refractivity contribution in [2.45, 2.75) is 44.7 Å². The van der Waals surface area contributed by atoms with Gasteiger partial charge in [-0.2, -0.15) is 0 Å². The van der Waals surface area contributed by atoms with Gasteiger partial charge in [-0.3, -0.25) is 4.79 Å². The molecule has 7 heteroatoms. The lowest BCUT2D eigenvalue weighted by Gasteiger charge is -2.24. The van der Waals surface area contributed by atoms with Crippen molar-refractivity contribution in [1.29, 1.82) is 0 Å². The Morgan fingerprint density at radius 1 is 1.13 bits per heavy atom. The summed E-state index contributed by atoms with van der Waals surface area (Å²) >= 11 is 0. The molecule has 1 aliphatic carbocycles. The topological polar surface area (TPSA) is 67.9 Å². The van der Waals surface area contributed by atoms with E-state index in [1.807, 2.05) is 6.92 Å². The Bertz CT molecular complexity index is 901. The second-order valence-electron chi connectivity index (χ2n) is 7.43. The van der Waals surface area contributed by atoms with E-state index in [9.17, 15) is 14.0 Å². The lowest BCUT2D eigenvalue weighted by atomic mass is 10.0. The van der Waals surface area contributed by atoms with Crippen LogP contribution in [-0.2, 0) is 4.79 Å². The molecule has 0 unspecified atom stereocenters. The number of benzene rings is 2. The molecular formula is C23H27FN2O4. The molecule has 160 valence electrons. The van der Waals surface area contributed by atoms with Crippen molar-refractivity contribution in [3.8, 4) is 22.6 Å². The highest BCUT2D eigenvalue weighted by molar-refractivity contribution is 5.76. The molecule has 2 aromatic carbocycles. The van der Waals surface area contributed by atoms with Crippen LogP contribution >= 0.6 is 0 Å². The quantitative estimate of drug-likeness (QED) is 0.762. The van der Waals surface area contributed by atoms with E-state index in [0.717, 1.165) is 12.8 Å². The molecule has 1 aliphatic rings. The molecule has 2 aromatic rings. The molecule has 0 saturated heterocycles. The summed E-state index contributed by atoms with van der Waals surface area (Å²) < 4.78 is 24.7. The van der Waals surface area contributed by atoms with Gasteiger partial charge in [-0.25, -0.2) is 9.18 Å². The molecule has 0 radical (unpaired) electrons. The number of halogens is 1. The van der Waals surface area contributed by atoms with Crippen LogP contribution < -0.4 is 14.8 Å². The fourth-order valence-electron chi connectivity index (χ4n) is 3.65. The summed E-state index contributed by atoms with van der Waals surface area (Å²) in [6.45, 7) is 1.82. The second-order valence-corrected chi connectivity index (χ2v) is 7.43. The van der Waals surface area contributed by atoms with Crippen LogP contribution in [0.15, 0.2) is 42.5 Å². The van der Waals surface area contributed by atoms with Gasteiger partial charge >= 0.3 is 6.09 Å². The highest BCUT2D eigenvalue weighted by Crippen LogP contribution is 2.28. The van der Waals surface area contributed by atoms with Gasteiger partial charge in [0.25, 0.3) is 0 Å². The van der Waals surface area contributed by atoms with Crippen LogP contribution in [-0.4, -0.2) is 43.1 Å². The number of carbonyl (C=O) groups excluding carboxylic acids is 2. The first-order chi connectivity index (χ1) is 14.4. The Labute approximate surface area is 176 Å². The van der Waals surface area contributed by atoms with E-state index in [4.69, 9.17) is 9.47 Å². The fourth-order valence-corrected chi connectivity index (χ4v) is 3.65. The fraction of sp³-hybridized carbons (Fsp3) is 0.391. The van der Waals surface area contributed by atoms with Crippen molar-refractivity contribution in [1.82, 2.24) is 10.2 Å². The van der Waals surface area contributed by atoms with Gasteiger partial charge in [0, 0.05) is 37.2 Å². The van der Waals surface area contributed by atoms with Gasteiger partial charge in [-0.05, 0) is 49.1 Å². The van der Waals surface area contributed by atoms with E-state index >= 15 is 0 Å². The minimum Gasteiger partial charge on any atom is -0.497 e. The van der Waals surface area contributed by atoms with Crippen molar-refractivity contribution in [2.24, 2.45) is 0 Å². The summed E-state index contributed by atoms with van der Waals surface area (Å²) in [5, 5.41) is 2.98. The van der Waals surface area contributed by atoms with Crippen molar-refractivity contribution in [3.05, 3.63) is 48.3 Å². The summed E-state index contributed by atoms with van der Waals surface area (Å²) in [5.41, 5.74) is 1.12. The Hall–Kier alpha value is -3.09. The zero-order chi connectivity index (χ0) is 21.7. The predicted molar refractivity (Wildman–Crippen MR) is 112 cm³/mol. The normalized spacial score (nSPS) is 18.0. The van der Waals surface area contributed by atoms with Crippen LogP contribution in [0.2, 0.25) is 0 Å². The van der Waals surface area contributed by atoms with Crippen LogP contribution in [0.5, 0.6) is 11.5 Å². The first-order valence-electron chi connectivity index (χ1n) is 10.1. The minimum atomic E-state index is -0.453. The lowest BCUT2D eigenvalue weighted by molar-refractivity contribution is -0.121. The highest BCUT2D eigenvalue weighted by atomic mass is 19.1. The van der Waals surface area contributed by atoms with Crippen LogP contribution in [0.3, 0.4) is 0 Å². The number of rotatable bonds is 6. The van der Waals surface area contributed by atoms with Crippen molar-refractivity contribution in [2.75, 3.05) is 14.2 Å². The number of methoxy groups -OCH3 is 1. The number of hydrogen-bond acceptors (Lipinski definition) is 4. The molecule has 0 heterocycles. The van der Waals surface area contributed by atoms with Gasteiger partial charge in [-0.1, -0.05) is 19.1 Å². The monoisotopic (exact) mass is 414 g/mol. The minimum absolute atomic E-state index is 0.0207. The molecule has 1 fully saturated rings. The molecule has 6 nitrogen and oxygen atoms in total. The summed E-state index contributed by atoms with van der Waals surface area (Å²) in [7, 11) is 3.19. The summed E-state index contributed by atoms with van der Waals surface area (Å²) in [4.78, 5) is 25.6. The maximum atomic E-state index is 14.2. The molecule has 0 bridgehead atoms. The third kappa shape index (κ3) is 5.09. The van der Waals surface area contributed by atoms with Crippen LogP contribution in [0.1, 0.15) is 32.6 Å². The highest BCUT2D eigenvalue weighted by Gasteiger charge is 2.31. The third-order valence-corrected chi connectivity index (χ3v) is 5.47. The third-order valence-electron chi connectivity index (χ3n) is 5.47. The van der Waals surface area contributed by atoms with Crippen molar-refractivity contribution in [3.63, 3.8) is 0 Å². The number of nitrogens with zero attached hydrogens (tertiary/aromatic N) is 1. The number of hydrogen-bond donors (Lipinski definition) is 1. The zero-order valence-electron chi connectivity index (χ0n) is 17.5. The van der Waals surface area contributed by atoms with Gasteiger partial charge in [0.1, 0.15) is 17.3 Å². The van der Waals surface area contributed by atoms with Crippen molar-refractivity contribution < 1.29 is 23.5 Å². The second kappa shape index (κ2) is 9.61. The smallest absolute Gasteiger partial charge is 0.415 e. The Kier molecular flexibility index (Phi) is 6.92. The van der Waals surface area contributed by atoms with Crippen LogP contribution in [0.4, 0.5) is 9.18 Å². The Morgan fingerprint density at radius 3 is 2.47 bits per heavy atom. The van der Waals surface area contributed by atoms with E-state index in [-0.39, 0.29) is 23.8 Å². The Balaban J connectivity index is 1.59. The van der Waals surface area contributed by atoms with E-state index in [1.54, 1.807) is 48.3 Å². The molecule has 1 saturated carbocycles. The number of amides is 2. The summed E-state index contributed by atoms with van der Waals surface area (Å²) in [5.74, 6) is 0.482. The maximum Gasteiger partial charge on any atom is 0.415 e.